The van der Waals surface area contributed by atoms with Crippen molar-refractivity contribution in [1.82, 2.24) is 9.97 Å². The number of hydrogen-bond donors (Lipinski definition) is 0. The van der Waals surface area contributed by atoms with Gasteiger partial charge in [-0.3, -0.25) is 0 Å². The summed E-state index contributed by atoms with van der Waals surface area (Å²) >= 11 is 0. The van der Waals surface area contributed by atoms with Gasteiger partial charge in [-0.25, -0.2) is 9.97 Å². The number of nitrogens with zero attached hydrogens (tertiary/aromatic N) is 2. The summed E-state index contributed by atoms with van der Waals surface area (Å²) in [5.74, 6) is 1.15. The van der Waals surface area contributed by atoms with Crippen molar-refractivity contribution in [3.05, 3.63) is 59.7 Å². The lowest BCUT2D eigenvalue weighted by Gasteiger charge is -2.10. The molecule has 0 aliphatic rings. The number of hydrogen-bond acceptors (Lipinski definition) is 2. The quantitative estimate of drug-likeness (QED) is 0.780. The van der Waals surface area contributed by atoms with Crippen molar-refractivity contribution in [3.8, 4) is 0 Å². The van der Waals surface area contributed by atoms with E-state index in [1.807, 2.05) is 30.6 Å². The summed E-state index contributed by atoms with van der Waals surface area (Å²) in [5, 5.41) is 0. The highest BCUT2D eigenvalue weighted by molar-refractivity contribution is 5.24. The molecule has 1 atom stereocenters. The SMILES string of the molecule is CCc1cnc(C(C)c2ccccc2)nc1. The highest BCUT2D eigenvalue weighted by atomic mass is 14.9. The van der Waals surface area contributed by atoms with Crippen LogP contribution in [0.25, 0.3) is 0 Å². The second-order valence-corrected chi connectivity index (χ2v) is 3.94. The molecule has 2 heteroatoms. The molecule has 16 heavy (non-hydrogen) atoms. The fraction of sp³-hybridized carbons (Fsp3) is 0.286. The minimum Gasteiger partial charge on any atom is -0.240 e. The summed E-state index contributed by atoms with van der Waals surface area (Å²) in [6.45, 7) is 4.25. The lowest BCUT2D eigenvalue weighted by Crippen LogP contribution is -2.02. The lowest BCUT2D eigenvalue weighted by molar-refractivity contribution is 0.806. The third-order valence-electron chi connectivity index (χ3n) is 2.82. The van der Waals surface area contributed by atoms with E-state index < -0.39 is 0 Å². The molecule has 0 amide bonds. The van der Waals surface area contributed by atoms with Crippen molar-refractivity contribution in [3.63, 3.8) is 0 Å². The average molecular weight is 212 g/mol. The predicted octanol–water partition coefficient (Wildman–Crippen LogP) is 3.19. The first kappa shape index (κ1) is 10.8. The van der Waals surface area contributed by atoms with Crippen LogP contribution in [0.4, 0.5) is 0 Å². The summed E-state index contributed by atoms with van der Waals surface area (Å²) in [4.78, 5) is 8.83. The predicted molar refractivity (Wildman–Crippen MR) is 65.4 cm³/mol. The Labute approximate surface area is 96.4 Å². The molecule has 1 unspecified atom stereocenters. The van der Waals surface area contributed by atoms with Gasteiger partial charge in [0.15, 0.2) is 0 Å². The first-order valence-electron chi connectivity index (χ1n) is 5.67. The standard InChI is InChI=1S/C14H16N2/c1-3-12-9-15-14(16-10-12)11(2)13-7-5-4-6-8-13/h4-11H,3H2,1-2H3. The molecule has 1 aromatic heterocycles. The first-order chi connectivity index (χ1) is 7.81. The molecule has 0 N–H and O–H groups in total. The van der Waals surface area contributed by atoms with Crippen LogP contribution in [0.3, 0.4) is 0 Å². The summed E-state index contributed by atoms with van der Waals surface area (Å²) in [6.07, 6.45) is 4.82. The van der Waals surface area contributed by atoms with Crippen LogP contribution < -0.4 is 0 Å². The largest absolute Gasteiger partial charge is 0.240 e. The zero-order chi connectivity index (χ0) is 11.4. The van der Waals surface area contributed by atoms with Crippen LogP contribution in [0.1, 0.15) is 36.7 Å². The van der Waals surface area contributed by atoms with Crippen molar-refractivity contribution in [2.45, 2.75) is 26.2 Å². The molecular weight excluding hydrogens is 196 g/mol. The van der Waals surface area contributed by atoms with Gasteiger partial charge in [0.05, 0.1) is 0 Å². The first-order valence-corrected chi connectivity index (χ1v) is 5.67. The molecule has 0 spiro atoms. The molecule has 0 bridgehead atoms. The number of rotatable bonds is 3. The van der Waals surface area contributed by atoms with Gasteiger partial charge in [0, 0.05) is 18.3 Å². The summed E-state index contributed by atoms with van der Waals surface area (Å²) in [6, 6.07) is 10.3. The number of aromatic nitrogens is 2. The highest BCUT2D eigenvalue weighted by Gasteiger charge is 2.10. The van der Waals surface area contributed by atoms with E-state index in [0.29, 0.717) is 0 Å². The van der Waals surface area contributed by atoms with Crippen LogP contribution >= 0.6 is 0 Å². The van der Waals surface area contributed by atoms with Gasteiger partial charge in [-0.2, -0.15) is 0 Å². The van der Waals surface area contributed by atoms with Gasteiger partial charge in [-0.1, -0.05) is 44.2 Å². The Kier molecular flexibility index (Phi) is 3.30. The summed E-state index contributed by atoms with van der Waals surface area (Å²) in [5.41, 5.74) is 2.44. The molecule has 0 saturated heterocycles. The van der Waals surface area contributed by atoms with Gasteiger partial charge in [0.1, 0.15) is 5.82 Å². The Morgan fingerprint density at radius 2 is 1.69 bits per heavy atom. The second-order valence-electron chi connectivity index (χ2n) is 3.94. The third kappa shape index (κ3) is 2.27. The molecule has 0 fully saturated rings. The van der Waals surface area contributed by atoms with E-state index in [9.17, 15) is 0 Å². The highest BCUT2D eigenvalue weighted by Crippen LogP contribution is 2.20. The normalized spacial score (nSPS) is 12.4. The Bertz CT molecular complexity index is 434. The monoisotopic (exact) mass is 212 g/mol. The minimum atomic E-state index is 0.257. The van der Waals surface area contributed by atoms with Crippen LogP contribution in [0, 0.1) is 0 Å². The van der Waals surface area contributed by atoms with E-state index in [-0.39, 0.29) is 5.92 Å². The number of benzene rings is 1. The van der Waals surface area contributed by atoms with E-state index in [0.717, 1.165) is 12.2 Å². The van der Waals surface area contributed by atoms with Crippen LogP contribution in [0.2, 0.25) is 0 Å². The molecule has 0 aliphatic carbocycles. The van der Waals surface area contributed by atoms with Gasteiger partial charge < -0.3 is 0 Å². The van der Waals surface area contributed by atoms with Crippen molar-refractivity contribution >= 4 is 0 Å². The van der Waals surface area contributed by atoms with Crippen LogP contribution in [0.5, 0.6) is 0 Å². The molecule has 2 aromatic rings. The van der Waals surface area contributed by atoms with E-state index >= 15 is 0 Å². The van der Waals surface area contributed by atoms with E-state index in [1.54, 1.807) is 0 Å². The maximum absolute atomic E-state index is 4.41. The molecule has 1 heterocycles. The van der Waals surface area contributed by atoms with Crippen molar-refractivity contribution in [2.24, 2.45) is 0 Å². The van der Waals surface area contributed by atoms with Crippen molar-refractivity contribution in [2.75, 3.05) is 0 Å². The van der Waals surface area contributed by atoms with E-state index in [4.69, 9.17) is 0 Å². The van der Waals surface area contributed by atoms with Gasteiger partial charge in [-0.05, 0) is 17.5 Å². The molecule has 1 aromatic carbocycles. The Balaban J connectivity index is 2.24. The maximum atomic E-state index is 4.41. The van der Waals surface area contributed by atoms with Gasteiger partial charge in [-0.15, -0.1) is 0 Å². The maximum Gasteiger partial charge on any atom is 0.135 e. The van der Waals surface area contributed by atoms with Crippen LogP contribution in [0.15, 0.2) is 42.7 Å². The molecule has 82 valence electrons. The van der Waals surface area contributed by atoms with Gasteiger partial charge in [0.25, 0.3) is 0 Å². The van der Waals surface area contributed by atoms with Crippen molar-refractivity contribution in [1.29, 1.82) is 0 Å². The molecular formula is C14H16N2. The summed E-state index contributed by atoms with van der Waals surface area (Å²) < 4.78 is 0. The Hall–Kier alpha value is -1.70. The van der Waals surface area contributed by atoms with Crippen LogP contribution in [-0.4, -0.2) is 9.97 Å². The van der Waals surface area contributed by atoms with Gasteiger partial charge >= 0.3 is 0 Å². The smallest absolute Gasteiger partial charge is 0.135 e. The van der Waals surface area contributed by atoms with Crippen LogP contribution in [-0.2, 0) is 6.42 Å². The van der Waals surface area contributed by atoms with E-state index in [1.165, 1.54) is 11.1 Å². The number of aryl methyl sites for hydroxylation is 1. The zero-order valence-corrected chi connectivity index (χ0v) is 9.72. The molecule has 2 rings (SSSR count). The Morgan fingerprint density at radius 1 is 1.06 bits per heavy atom. The van der Waals surface area contributed by atoms with Gasteiger partial charge in [0.2, 0.25) is 0 Å². The lowest BCUT2D eigenvalue weighted by atomic mass is 10.0. The minimum absolute atomic E-state index is 0.257. The second kappa shape index (κ2) is 4.88. The molecule has 2 nitrogen and oxygen atoms in total. The summed E-state index contributed by atoms with van der Waals surface area (Å²) in [7, 11) is 0. The zero-order valence-electron chi connectivity index (χ0n) is 9.72. The fourth-order valence-electron chi connectivity index (χ4n) is 1.66. The topological polar surface area (TPSA) is 25.8 Å². The average Bonchev–Trinajstić information content (AvgIpc) is 2.39. The van der Waals surface area contributed by atoms with E-state index in [2.05, 4.69) is 35.9 Å². The third-order valence-corrected chi connectivity index (χ3v) is 2.82. The molecule has 0 radical (unpaired) electrons. The Morgan fingerprint density at radius 3 is 2.25 bits per heavy atom. The van der Waals surface area contributed by atoms with Crippen molar-refractivity contribution < 1.29 is 0 Å². The molecule has 0 saturated carbocycles. The molecule has 0 aliphatic heterocycles. The fourth-order valence-corrected chi connectivity index (χ4v) is 1.66.